The van der Waals surface area contributed by atoms with Crippen LogP contribution in [-0.4, -0.2) is 27.9 Å². The van der Waals surface area contributed by atoms with Gasteiger partial charge in [0.15, 0.2) is 5.78 Å². The lowest BCUT2D eigenvalue weighted by Crippen LogP contribution is -2.08. The van der Waals surface area contributed by atoms with Gasteiger partial charge in [0, 0.05) is 22.7 Å². The van der Waals surface area contributed by atoms with Crippen molar-refractivity contribution in [3.63, 3.8) is 0 Å². The van der Waals surface area contributed by atoms with Crippen LogP contribution in [0.1, 0.15) is 33.3 Å². The van der Waals surface area contributed by atoms with E-state index >= 15 is 0 Å². The number of carbonyl (C=O) groups is 2. The molecule has 3 N–H and O–H groups in total. The highest BCUT2D eigenvalue weighted by Gasteiger charge is 2.19. The molecule has 0 aliphatic carbocycles. The predicted molar refractivity (Wildman–Crippen MR) is 99.9 cm³/mol. The van der Waals surface area contributed by atoms with Crippen LogP contribution in [0, 0.1) is 0 Å². The fourth-order valence-corrected chi connectivity index (χ4v) is 2.86. The molecule has 7 nitrogen and oxygen atoms in total. The highest BCUT2D eigenvalue weighted by molar-refractivity contribution is 7.10. The molecule has 0 amide bonds. The highest BCUT2D eigenvalue weighted by atomic mass is 32.1. The molecule has 0 radical (unpaired) electrons. The van der Waals surface area contributed by atoms with Crippen molar-refractivity contribution in [3.05, 3.63) is 65.4 Å². The largest absolute Gasteiger partial charge is 0.461 e. The lowest BCUT2D eigenvalue weighted by atomic mass is 10.0. The van der Waals surface area contributed by atoms with Crippen LogP contribution in [0.3, 0.4) is 0 Å². The molecule has 0 saturated carbocycles. The van der Waals surface area contributed by atoms with Crippen LogP contribution in [0.15, 0.2) is 48.5 Å². The molecule has 0 saturated heterocycles. The Bertz CT molecular complexity index is 941. The molecule has 0 aliphatic rings. The topological polar surface area (TPSA) is 107 Å². The average molecular weight is 368 g/mol. The van der Waals surface area contributed by atoms with Crippen molar-refractivity contribution in [2.24, 2.45) is 0 Å². The van der Waals surface area contributed by atoms with Gasteiger partial charge in [0.05, 0.1) is 18.0 Å². The Balaban J connectivity index is 1.89. The van der Waals surface area contributed by atoms with E-state index in [2.05, 4.69) is 14.9 Å². The summed E-state index contributed by atoms with van der Waals surface area (Å²) in [5.74, 6) is -0.694. The monoisotopic (exact) mass is 368 g/mol. The minimum Gasteiger partial charge on any atom is -0.461 e. The Hall–Kier alpha value is -3.26. The smallest absolute Gasteiger partial charge is 0.362 e. The fraction of sp³-hybridized carbons (Fsp3) is 0.111. The van der Waals surface area contributed by atoms with Gasteiger partial charge in [0.25, 0.3) is 0 Å². The van der Waals surface area contributed by atoms with Crippen molar-refractivity contribution in [2.45, 2.75) is 6.92 Å². The van der Waals surface area contributed by atoms with Crippen LogP contribution in [0.4, 0.5) is 16.4 Å². The summed E-state index contributed by atoms with van der Waals surface area (Å²) in [6.45, 7) is 1.94. The van der Waals surface area contributed by atoms with E-state index in [9.17, 15) is 9.59 Å². The van der Waals surface area contributed by atoms with Crippen molar-refractivity contribution in [1.29, 1.82) is 0 Å². The second-order valence-electron chi connectivity index (χ2n) is 5.29. The van der Waals surface area contributed by atoms with Gasteiger partial charge in [0.1, 0.15) is 5.00 Å². The van der Waals surface area contributed by atoms with Crippen molar-refractivity contribution in [3.8, 4) is 0 Å². The van der Waals surface area contributed by atoms with Crippen molar-refractivity contribution in [1.82, 2.24) is 9.59 Å². The van der Waals surface area contributed by atoms with Gasteiger partial charge in [-0.2, -0.15) is 0 Å². The number of nitrogens with two attached hydrogens (primary N) is 1. The molecule has 0 spiro atoms. The van der Waals surface area contributed by atoms with Gasteiger partial charge in [-0.05, 0) is 25.1 Å². The van der Waals surface area contributed by atoms with Crippen LogP contribution >= 0.6 is 11.5 Å². The van der Waals surface area contributed by atoms with E-state index in [1.165, 1.54) is 0 Å². The number of esters is 1. The van der Waals surface area contributed by atoms with E-state index in [0.717, 1.165) is 11.5 Å². The van der Waals surface area contributed by atoms with Gasteiger partial charge in [-0.1, -0.05) is 34.8 Å². The van der Waals surface area contributed by atoms with Gasteiger partial charge >= 0.3 is 5.97 Å². The first kappa shape index (κ1) is 17.6. The number of nitrogen functional groups attached to an aromatic ring is 1. The molecule has 1 heterocycles. The van der Waals surface area contributed by atoms with Crippen LogP contribution in [0.2, 0.25) is 0 Å². The summed E-state index contributed by atoms with van der Waals surface area (Å²) in [4.78, 5) is 24.5. The van der Waals surface area contributed by atoms with Gasteiger partial charge in [0.2, 0.25) is 5.69 Å². The molecule has 0 unspecified atom stereocenters. The number of nitrogens with zero attached hydrogens (tertiary/aromatic N) is 2. The number of benzene rings is 2. The molecule has 3 rings (SSSR count). The van der Waals surface area contributed by atoms with Crippen molar-refractivity contribution in [2.75, 3.05) is 17.7 Å². The van der Waals surface area contributed by atoms with E-state index in [4.69, 9.17) is 10.5 Å². The van der Waals surface area contributed by atoms with Crippen molar-refractivity contribution >= 4 is 39.7 Å². The molecular formula is C18H16N4O3S. The SMILES string of the molecule is CCOC(=O)c1nnsc1Nc1cc(C(=O)c2ccccc2)ccc1N. The number of anilines is 3. The molecule has 0 bridgehead atoms. The summed E-state index contributed by atoms with van der Waals surface area (Å²) in [6.07, 6.45) is 0. The summed E-state index contributed by atoms with van der Waals surface area (Å²) in [7, 11) is 0. The maximum atomic E-state index is 12.6. The van der Waals surface area contributed by atoms with Crippen LogP contribution < -0.4 is 11.1 Å². The van der Waals surface area contributed by atoms with Crippen LogP contribution in [0.25, 0.3) is 0 Å². The average Bonchev–Trinajstić information content (AvgIpc) is 3.12. The predicted octanol–water partition coefficient (Wildman–Crippen LogP) is 3.27. The van der Waals surface area contributed by atoms with E-state index in [0.29, 0.717) is 27.5 Å². The lowest BCUT2D eigenvalue weighted by Gasteiger charge is -2.10. The van der Waals surface area contributed by atoms with Crippen LogP contribution in [-0.2, 0) is 4.74 Å². The quantitative estimate of drug-likeness (QED) is 0.390. The number of hydrogen-bond donors (Lipinski definition) is 2. The summed E-state index contributed by atoms with van der Waals surface area (Å²) >= 11 is 1.00. The number of nitrogens with one attached hydrogen (secondary N) is 1. The third-order valence-corrected chi connectivity index (χ3v) is 4.20. The third kappa shape index (κ3) is 3.70. The zero-order chi connectivity index (χ0) is 18.5. The number of carbonyl (C=O) groups excluding carboxylic acids is 2. The Morgan fingerprint density at radius 3 is 2.65 bits per heavy atom. The summed E-state index contributed by atoms with van der Waals surface area (Å²) in [6, 6.07) is 13.9. The first-order valence-corrected chi connectivity index (χ1v) is 8.63. The van der Waals surface area contributed by atoms with Gasteiger partial charge in [-0.3, -0.25) is 4.79 Å². The third-order valence-electron chi connectivity index (χ3n) is 3.56. The summed E-state index contributed by atoms with van der Waals surface area (Å²) in [5.41, 5.74) is 8.05. The molecule has 1 aromatic heterocycles. The minimum atomic E-state index is -0.571. The molecule has 132 valence electrons. The zero-order valence-electron chi connectivity index (χ0n) is 13.9. The first-order valence-electron chi connectivity index (χ1n) is 7.86. The Morgan fingerprint density at radius 2 is 1.92 bits per heavy atom. The Labute approximate surface area is 154 Å². The molecule has 0 atom stereocenters. The zero-order valence-corrected chi connectivity index (χ0v) is 14.7. The molecule has 0 fully saturated rings. The van der Waals surface area contributed by atoms with Crippen molar-refractivity contribution < 1.29 is 14.3 Å². The van der Waals surface area contributed by atoms with E-state index in [-0.39, 0.29) is 18.1 Å². The normalized spacial score (nSPS) is 10.3. The van der Waals surface area contributed by atoms with E-state index in [1.807, 2.05) is 6.07 Å². The molecule has 0 aliphatic heterocycles. The lowest BCUT2D eigenvalue weighted by molar-refractivity contribution is 0.0520. The fourth-order valence-electron chi connectivity index (χ4n) is 2.29. The number of hydrogen-bond acceptors (Lipinski definition) is 8. The summed E-state index contributed by atoms with van der Waals surface area (Å²) < 4.78 is 8.73. The van der Waals surface area contributed by atoms with Crippen LogP contribution in [0.5, 0.6) is 0 Å². The second kappa shape index (κ2) is 7.75. The standard InChI is InChI=1S/C18H16N4O3S/c1-2-25-18(24)15-17(26-22-21-15)20-14-10-12(8-9-13(14)19)16(23)11-6-4-3-5-7-11/h3-10,20H,2,19H2,1H3. The Kier molecular flexibility index (Phi) is 5.23. The number of ether oxygens (including phenoxy) is 1. The maximum Gasteiger partial charge on any atom is 0.362 e. The number of ketones is 1. The Morgan fingerprint density at radius 1 is 1.15 bits per heavy atom. The second-order valence-corrected chi connectivity index (χ2v) is 6.05. The minimum absolute atomic E-state index is 0.0797. The highest BCUT2D eigenvalue weighted by Crippen LogP contribution is 2.29. The first-order chi connectivity index (χ1) is 12.6. The van der Waals surface area contributed by atoms with Gasteiger partial charge in [-0.15, -0.1) is 5.10 Å². The number of rotatable bonds is 6. The maximum absolute atomic E-state index is 12.6. The summed E-state index contributed by atoms with van der Waals surface area (Å²) in [5, 5.41) is 7.21. The molecule has 3 aromatic rings. The molecule has 8 heteroatoms. The molecule has 26 heavy (non-hydrogen) atoms. The van der Waals surface area contributed by atoms with E-state index in [1.54, 1.807) is 49.4 Å². The van der Waals surface area contributed by atoms with Gasteiger partial charge < -0.3 is 15.8 Å². The van der Waals surface area contributed by atoms with E-state index < -0.39 is 5.97 Å². The molecular weight excluding hydrogens is 352 g/mol. The van der Waals surface area contributed by atoms with Gasteiger partial charge in [-0.25, -0.2) is 4.79 Å². The number of aromatic nitrogens is 2. The molecule has 2 aromatic carbocycles.